The zero-order valence-electron chi connectivity index (χ0n) is 15.6. The maximum atomic E-state index is 12.5. The number of anilines is 2. The van der Waals surface area contributed by atoms with Crippen molar-refractivity contribution in [3.63, 3.8) is 0 Å². The van der Waals surface area contributed by atoms with Crippen molar-refractivity contribution in [1.29, 1.82) is 0 Å². The van der Waals surface area contributed by atoms with Crippen molar-refractivity contribution in [2.45, 2.75) is 13.8 Å². The quantitative estimate of drug-likeness (QED) is 0.663. The fraction of sp³-hybridized carbons (Fsp3) is 0.0909. The highest BCUT2D eigenvalue weighted by molar-refractivity contribution is 6.06. The Kier molecular flexibility index (Phi) is 5.91. The van der Waals surface area contributed by atoms with Crippen LogP contribution in [0, 0.1) is 13.8 Å². The predicted molar refractivity (Wildman–Crippen MR) is 110 cm³/mol. The van der Waals surface area contributed by atoms with Crippen LogP contribution in [0.2, 0.25) is 0 Å². The van der Waals surface area contributed by atoms with E-state index in [1.807, 2.05) is 38.1 Å². The van der Waals surface area contributed by atoms with Crippen LogP contribution in [0.4, 0.5) is 11.4 Å². The van der Waals surface area contributed by atoms with Crippen molar-refractivity contribution in [1.82, 2.24) is 9.97 Å². The summed E-state index contributed by atoms with van der Waals surface area (Å²) >= 11 is 0. The van der Waals surface area contributed by atoms with E-state index in [1.165, 1.54) is 12.4 Å². The largest absolute Gasteiger partial charge is 0.322 e. The van der Waals surface area contributed by atoms with Crippen molar-refractivity contribution in [2.75, 3.05) is 10.6 Å². The molecule has 2 aromatic carbocycles. The van der Waals surface area contributed by atoms with Crippen LogP contribution >= 0.6 is 0 Å². The number of rotatable bonds is 5. The topological polar surface area (TPSA) is 84.0 Å². The van der Waals surface area contributed by atoms with Crippen LogP contribution in [-0.4, -0.2) is 21.8 Å². The Morgan fingerprint density at radius 1 is 0.929 bits per heavy atom. The smallest absolute Gasteiger partial charge is 0.255 e. The van der Waals surface area contributed by atoms with Gasteiger partial charge in [-0.25, -0.2) is 9.97 Å². The van der Waals surface area contributed by atoms with Gasteiger partial charge in [0.1, 0.15) is 6.33 Å². The molecule has 0 unspecified atom stereocenters. The minimum absolute atomic E-state index is 0.240. The third kappa shape index (κ3) is 5.11. The maximum Gasteiger partial charge on any atom is 0.255 e. The average Bonchev–Trinajstić information content (AvgIpc) is 2.70. The maximum absolute atomic E-state index is 12.5. The second-order valence-corrected chi connectivity index (χ2v) is 6.34. The van der Waals surface area contributed by atoms with Gasteiger partial charge < -0.3 is 10.6 Å². The molecule has 0 aliphatic carbocycles. The first-order valence-electron chi connectivity index (χ1n) is 8.74. The summed E-state index contributed by atoms with van der Waals surface area (Å²) in [4.78, 5) is 32.5. The lowest BCUT2D eigenvalue weighted by Crippen LogP contribution is -2.14. The number of nitrogens with zero attached hydrogens (tertiary/aromatic N) is 2. The molecule has 1 aromatic heterocycles. The van der Waals surface area contributed by atoms with E-state index in [0.29, 0.717) is 11.3 Å². The van der Waals surface area contributed by atoms with Gasteiger partial charge in [-0.05, 0) is 49.8 Å². The van der Waals surface area contributed by atoms with Gasteiger partial charge in [-0.1, -0.05) is 23.8 Å². The van der Waals surface area contributed by atoms with Crippen molar-refractivity contribution < 1.29 is 9.59 Å². The summed E-state index contributed by atoms with van der Waals surface area (Å²) in [6, 6.07) is 12.8. The molecular weight excluding hydrogens is 352 g/mol. The lowest BCUT2D eigenvalue weighted by Gasteiger charge is -2.10. The van der Waals surface area contributed by atoms with E-state index < -0.39 is 0 Å². The number of aryl methyl sites for hydroxylation is 2. The molecule has 0 aliphatic heterocycles. The summed E-state index contributed by atoms with van der Waals surface area (Å²) in [7, 11) is 0. The second-order valence-electron chi connectivity index (χ2n) is 6.34. The number of carbonyl (C=O) groups excluding carboxylic acids is 2. The zero-order valence-corrected chi connectivity index (χ0v) is 15.6. The number of benzene rings is 2. The molecule has 2 amide bonds. The van der Waals surface area contributed by atoms with Gasteiger partial charge in [0.2, 0.25) is 5.91 Å². The van der Waals surface area contributed by atoms with Crippen LogP contribution in [-0.2, 0) is 4.79 Å². The Morgan fingerprint density at radius 2 is 1.64 bits per heavy atom. The van der Waals surface area contributed by atoms with Gasteiger partial charge in [0.25, 0.3) is 5.91 Å². The normalized spacial score (nSPS) is 10.6. The fourth-order valence-corrected chi connectivity index (χ4v) is 2.48. The summed E-state index contributed by atoms with van der Waals surface area (Å²) in [6.45, 7) is 3.85. The molecule has 6 nitrogen and oxygen atoms in total. The molecule has 6 heteroatoms. The molecule has 3 aromatic rings. The molecule has 0 radical (unpaired) electrons. The van der Waals surface area contributed by atoms with Crippen molar-refractivity contribution in [3.05, 3.63) is 89.5 Å². The number of aromatic nitrogens is 2. The molecule has 0 fully saturated rings. The Hall–Kier alpha value is -3.80. The standard InChI is InChI=1S/C22H20N4O2/c1-15-3-8-19(9-4-15)25-22(28)18-7-5-16(2)20(11-18)26-21(27)10-6-17-12-23-14-24-13-17/h3-14H,1-2H3,(H,25,28)(H,26,27)/b10-6+. The van der Waals surface area contributed by atoms with Crippen LogP contribution in [0.15, 0.2) is 67.3 Å². The van der Waals surface area contributed by atoms with Gasteiger partial charge in [0, 0.05) is 41.0 Å². The van der Waals surface area contributed by atoms with Crippen molar-refractivity contribution in [2.24, 2.45) is 0 Å². The van der Waals surface area contributed by atoms with Gasteiger partial charge in [-0.15, -0.1) is 0 Å². The molecule has 0 atom stereocenters. The Labute approximate surface area is 163 Å². The van der Waals surface area contributed by atoms with E-state index >= 15 is 0 Å². The summed E-state index contributed by atoms with van der Waals surface area (Å²) < 4.78 is 0. The minimum atomic E-state index is -0.303. The summed E-state index contributed by atoms with van der Waals surface area (Å²) in [5.41, 5.74) is 4.46. The van der Waals surface area contributed by atoms with E-state index in [2.05, 4.69) is 20.6 Å². The molecular formula is C22H20N4O2. The lowest BCUT2D eigenvalue weighted by molar-refractivity contribution is -0.111. The van der Waals surface area contributed by atoms with Crippen LogP contribution < -0.4 is 10.6 Å². The Morgan fingerprint density at radius 3 is 2.36 bits per heavy atom. The average molecular weight is 372 g/mol. The SMILES string of the molecule is Cc1ccc(NC(=O)c2ccc(C)c(NC(=O)/C=C/c3cncnc3)c2)cc1. The fourth-order valence-electron chi connectivity index (χ4n) is 2.48. The number of hydrogen-bond acceptors (Lipinski definition) is 4. The molecule has 0 saturated carbocycles. The van der Waals surface area contributed by atoms with Gasteiger partial charge >= 0.3 is 0 Å². The monoisotopic (exact) mass is 372 g/mol. The second kappa shape index (κ2) is 8.73. The van der Waals surface area contributed by atoms with E-state index in [1.54, 1.807) is 36.7 Å². The van der Waals surface area contributed by atoms with Gasteiger partial charge in [0.05, 0.1) is 0 Å². The third-order valence-corrected chi connectivity index (χ3v) is 4.07. The van der Waals surface area contributed by atoms with Crippen molar-refractivity contribution >= 4 is 29.3 Å². The molecule has 3 rings (SSSR count). The van der Waals surface area contributed by atoms with E-state index in [9.17, 15) is 9.59 Å². The number of hydrogen-bond donors (Lipinski definition) is 2. The zero-order chi connectivity index (χ0) is 19.9. The molecule has 0 bridgehead atoms. The molecule has 0 spiro atoms. The molecule has 2 N–H and O–H groups in total. The first-order chi connectivity index (χ1) is 13.5. The van der Waals surface area contributed by atoms with Crippen LogP contribution in [0.5, 0.6) is 0 Å². The summed E-state index contributed by atoms with van der Waals surface area (Å²) in [6.07, 6.45) is 7.67. The highest BCUT2D eigenvalue weighted by atomic mass is 16.2. The molecule has 1 heterocycles. The van der Waals surface area contributed by atoms with Gasteiger partial charge in [-0.2, -0.15) is 0 Å². The van der Waals surface area contributed by atoms with Crippen LogP contribution in [0.1, 0.15) is 27.0 Å². The van der Waals surface area contributed by atoms with Gasteiger partial charge in [0.15, 0.2) is 0 Å². The van der Waals surface area contributed by atoms with Crippen molar-refractivity contribution in [3.8, 4) is 0 Å². The highest BCUT2D eigenvalue weighted by Crippen LogP contribution is 2.19. The Balaban J connectivity index is 1.70. The molecule has 0 saturated heterocycles. The van der Waals surface area contributed by atoms with E-state index in [4.69, 9.17) is 0 Å². The first kappa shape index (κ1) is 19.0. The van der Waals surface area contributed by atoms with E-state index in [0.717, 1.165) is 22.4 Å². The highest BCUT2D eigenvalue weighted by Gasteiger charge is 2.10. The summed E-state index contributed by atoms with van der Waals surface area (Å²) in [5, 5.41) is 5.65. The molecule has 140 valence electrons. The lowest BCUT2D eigenvalue weighted by atomic mass is 10.1. The molecule has 28 heavy (non-hydrogen) atoms. The third-order valence-electron chi connectivity index (χ3n) is 4.07. The van der Waals surface area contributed by atoms with Crippen LogP contribution in [0.25, 0.3) is 6.08 Å². The number of amides is 2. The number of carbonyl (C=O) groups is 2. The Bertz CT molecular complexity index is 1010. The van der Waals surface area contributed by atoms with E-state index in [-0.39, 0.29) is 11.8 Å². The molecule has 0 aliphatic rings. The predicted octanol–water partition coefficient (Wildman–Crippen LogP) is 4.00. The minimum Gasteiger partial charge on any atom is -0.322 e. The van der Waals surface area contributed by atoms with Crippen LogP contribution in [0.3, 0.4) is 0 Å². The summed E-state index contributed by atoms with van der Waals surface area (Å²) in [5.74, 6) is -0.542. The number of nitrogens with one attached hydrogen (secondary N) is 2. The van der Waals surface area contributed by atoms with Gasteiger partial charge in [-0.3, -0.25) is 9.59 Å². The first-order valence-corrected chi connectivity index (χ1v) is 8.74.